The molecule has 0 N–H and O–H groups in total. The molecule has 30 heavy (non-hydrogen) atoms. The molecule has 5 rings (SSSR count). The van der Waals surface area contributed by atoms with Crippen LogP contribution in [0, 0.1) is 17.6 Å². The largest absolute Gasteiger partial charge is 0.356 e. The third-order valence-electron chi connectivity index (χ3n) is 5.74. The van der Waals surface area contributed by atoms with Crippen LogP contribution in [0.15, 0.2) is 47.8 Å². The smallest absolute Gasteiger partial charge is 0.246 e. The van der Waals surface area contributed by atoms with Gasteiger partial charge >= 0.3 is 0 Å². The zero-order valence-electron chi connectivity index (χ0n) is 16.2. The van der Waals surface area contributed by atoms with Crippen molar-refractivity contribution in [3.8, 4) is 0 Å². The van der Waals surface area contributed by atoms with Gasteiger partial charge in [0.2, 0.25) is 5.91 Å². The van der Waals surface area contributed by atoms with Gasteiger partial charge in [-0.15, -0.1) is 0 Å². The van der Waals surface area contributed by atoms with E-state index in [4.69, 9.17) is 0 Å². The molecule has 1 amide bonds. The van der Waals surface area contributed by atoms with Crippen LogP contribution in [0.4, 0.5) is 14.6 Å². The Bertz CT molecular complexity index is 1100. The highest BCUT2D eigenvalue weighted by molar-refractivity contribution is 5.82. The highest BCUT2D eigenvalue weighted by atomic mass is 19.1. The van der Waals surface area contributed by atoms with E-state index in [-0.39, 0.29) is 11.8 Å². The van der Waals surface area contributed by atoms with Crippen LogP contribution in [-0.2, 0) is 4.79 Å². The van der Waals surface area contributed by atoms with E-state index in [1.54, 1.807) is 16.9 Å². The van der Waals surface area contributed by atoms with Crippen LogP contribution in [0.5, 0.6) is 0 Å². The fourth-order valence-electron chi connectivity index (χ4n) is 4.19. The van der Waals surface area contributed by atoms with Gasteiger partial charge in [-0.05, 0) is 36.6 Å². The second-order valence-corrected chi connectivity index (χ2v) is 7.62. The van der Waals surface area contributed by atoms with E-state index < -0.39 is 17.7 Å². The van der Waals surface area contributed by atoms with Crippen LogP contribution in [0.25, 0.3) is 5.65 Å². The Morgan fingerprint density at radius 1 is 1.07 bits per heavy atom. The van der Waals surface area contributed by atoms with Crippen molar-refractivity contribution in [1.29, 1.82) is 0 Å². The van der Waals surface area contributed by atoms with Gasteiger partial charge in [-0.25, -0.2) is 23.3 Å². The van der Waals surface area contributed by atoms with Crippen LogP contribution >= 0.6 is 0 Å². The molecule has 1 saturated heterocycles. The molecule has 2 aromatic heterocycles. The van der Waals surface area contributed by atoms with Crippen molar-refractivity contribution in [2.45, 2.75) is 25.3 Å². The maximum atomic E-state index is 13.6. The number of hydrogen-bond acceptors (Lipinski definition) is 5. The lowest BCUT2D eigenvalue weighted by atomic mass is 9.94. The topological polar surface area (TPSA) is 66.1 Å². The lowest BCUT2D eigenvalue weighted by Gasteiger charge is -2.34. The maximum absolute atomic E-state index is 13.6. The molecule has 1 fully saturated rings. The van der Waals surface area contributed by atoms with Crippen LogP contribution in [0.1, 0.15) is 30.9 Å². The number of amides is 1. The van der Waals surface area contributed by atoms with Gasteiger partial charge in [0.25, 0.3) is 0 Å². The van der Waals surface area contributed by atoms with Crippen LogP contribution in [-0.4, -0.2) is 44.8 Å². The first-order valence-electron chi connectivity index (χ1n) is 9.95. The summed E-state index contributed by atoms with van der Waals surface area (Å²) in [4.78, 5) is 19.9. The third-order valence-corrected chi connectivity index (χ3v) is 5.74. The molecule has 0 radical (unpaired) electrons. The Labute approximate surface area is 171 Å². The Hall–Kier alpha value is -3.36. The number of anilines is 1. The summed E-state index contributed by atoms with van der Waals surface area (Å²) in [5, 5.41) is 9.76. The monoisotopic (exact) mass is 410 g/mol. The van der Waals surface area contributed by atoms with E-state index in [9.17, 15) is 13.6 Å². The fourth-order valence-corrected chi connectivity index (χ4v) is 4.19. The number of halogens is 2. The van der Waals surface area contributed by atoms with Gasteiger partial charge in [0.15, 0.2) is 5.65 Å². The molecular weight excluding hydrogens is 390 g/mol. The summed E-state index contributed by atoms with van der Waals surface area (Å²) in [6, 6.07) is 6.66. The van der Waals surface area contributed by atoms with Crippen molar-refractivity contribution in [2.75, 3.05) is 18.0 Å². The summed E-state index contributed by atoms with van der Waals surface area (Å²) in [6.45, 7) is 1.40. The molecule has 4 heterocycles. The predicted octanol–water partition coefficient (Wildman–Crippen LogP) is 3.18. The Kier molecular flexibility index (Phi) is 4.65. The number of carbonyl (C=O) groups excluding carboxylic acids is 1. The van der Waals surface area contributed by atoms with E-state index in [2.05, 4.69) is 20.1 Å². The van der Waals surface area contributed by atoms with Crippen molar-refractivity contribution in [2.24, 2.45) is 11.0 Å². The Morgan fingerprint density at radius 2 is 1.83 bits per heavy atom. The van der Waals surface area contributed by atoms with E-state index in [0.29, 0.717) is 37.9 Å². The maximum Gasteiger partial charge on any atom is 0.246 e. The van der Waals surface area contributed by atoms with Crippen molar-refractivity contribution in [1.82, 2.24) is 19.6 Å². The minimum atomic E-state index is -0.653. The molecule has 1 aromatic carbocycles. The normalized spacial score (nSPS) is 19.7. The summed E-state index contributed by atoms with van der Waals surface area (Å²) >= 11 is 0. The first-order valence-corrected chi connectivity index (χ1v) is 9.95. The number of aromatic nitrogens is 3. The van der Waals surface area contributed by atoms with E-state index in [1.165, 1.54) is 17.1 Å². The Morgan fingerprint density at radius 3 is 2.60 bits per heavy atom. The second kappa shape index (κ2) is 7.47. The molecule has 3 aromatic rings. The van der Waals surface area contributed by atoms with Crippen molar-refractivity contribution in [3.05, 3.63) is 59.9 Å². The van der Waals surface area contributed by atoms with Crippen molar-refractivity contribution < 1.29 is 13.6 Å². The standard InChI is InChI=1S/C21H20F2N6O/c22-16-11-15(12-17(23)13-16)18-1-6-25-29(18)21(30)14-3-8-27(9-4-14)19-5-10-28-20(26-19)2-7-24-28/h2,5-7,10-14,18H,1,3-4,8-9H2. The molecule has 0 bridgehead atoms. The van der Waals surface area contributed by atoms with Gasteiger partial charge in [0, 0.05) is 50.0 Å². The second-order valence-electron chi connectivity index (χ2n) is 7.62. The molecular formula is C21H20F2N6O. The molecule has 2 aliphatic heterocycles. The SMILES string of the molecule is O=C(C1CCN(c2ccn3nccc3n2)CC1)N1N=CCC1c1cc(F)cc(F)c1. The van der Waals surface area contributed by atoms with Gasteiger partial charge in [0.05, 0.1) is 12.2 Å². The number of benzene rings is 1. The number of nitrogens with zero attached hydrogens (tertiary/aromatic N) is 6. The number of carbonyl (C=O) groups is 1. The van der Waals surface area contributed by atoms with Crippen LogP contribution in [0.3, 0.4) is 0 Å². The summed E-state index contributed by atoms with van der Waals surface area (Å²) in [6.07, 6.45) is 6.99. The molecule has 1 unspecified atom stereocenters. The molecule has 154 valence electrons. The van der Waals surface area contributed by atoms with Crippen molar-refractivity contribution >= 4 is 23.6 Å². The van der Waals surface area contributed by atoms with Gasteiger partial charge in [0.1, 0.15) is 17.5 Å². The van der Waals surface area contributed by atoms with E-state index >= 15 is 0 Å². The van der Waals surface area contributed by atoms with Crippen molar-refractivity contribution in [3.63, 3.8) is 0 Å². The first-order chi connectivity index (χ1) is 14.6. The lowest BCUT2D eigenvalue weighted by Crippen LogP contribution is -2.41. The van der Waals surface area contributed by atoms with Gasteiger partial charge in [-0.2, -0.15) is 10.2 Å². The number of fused-ring (bicyclic) bond motifs is 1. The average molecular weight is 410 g/mol. The molecule has 7 nitrogen and oxygen atoms in total. The number of rotatable bonds is 3. The summed E-state index contributed by atoms with van der Waals surface area (Å²) in [7, 11) is 0. The molecule has 9 heteroatoms. The first kappa shape index (κ1) is 18.7. The van der Waals surface area contributed by atoms with Gasteiger partial charge < -0.3 is 4.90 Å². The van der Waals surface area contributed by atoms with Crippen LogP contribution < -0.4 is 4.90 Å². The quantitative estimate of drug-likeness (QED) is 0.665. The Balaban J connectivity index is 1.27. The van der Waals surface area contributed by atoms with E-state index in [1.807, 2.05) is 18.3 Å². The van der Waals surface area contributed by atoms with E-state index in [0.717, 1.165) is 17.5 Å². The summed E-state index contributed by atoms with van der Waals surface area (Å²) < 4.78 is 29.0. The molecule has 2 aliphatic rings. The lowest BCUT2D eigenvalue weighted by molar-refractivity contribution is -0.138. The highest BCUT2D eigenvalue weighted by Crippen LogP contribution is 2.33. The zero-order valence-corrected chi connectivity index (χ0v) is 16.2. The number of hydrogen-bond donors (Lipinski definition) is 0. The number of hydrazone groups is 1. The zero-order chi connectivity index (χ0) is 20.7. The molecule has 0 aliphatic carbocycles. The molecule has 0 saturated carbocycles. The summed E-state index contributed by atoms with van der Waals surface area (Å²) in [5.74, 6) is -0.727. The van der Waals surface area contributed by atoms with Gasteiger partial charge in [-0.1, -0.05) is 0 Å². The molecule has 1 atom stereocenters. The third kappa shape index (κ3) is 3.40. The average Bonchev–Trinajstić information content (AvgIpc) is 3.41. The van der Waals surface area contributed by atoms with Crippen LogP contribution in [0.2, 0.25) is 0 Å². The minimum Gasteiger partial charge on any atom is -0.356 e. The minimum absolute atomic E-state index is 0.0997. The van der Waals surface area contributed by atoms with Gasteiger partial charge in [-0.3, -0.25) is 4.79 Å². The molecule has 0 spiro atoms. The predicted molar refractivity (Wildman–Crippen MR) is 107 cm³/mol. The fraction of sp³-hybridized carbons (Fsp3) is 0.333. The highest BCUT2D eigenvalue weighted by Gasteiger charge is 2.35. The summed E-state index contributed by atoms with van der Waals surface area (Å²) in [5.41, 5.74) is 1.20. The number of piperidine rings is 1.